The molecule has 174 valence electrons. The lowest BCUT2D eigenvalue weighted by molar-refractivity contribution is 0.239. The molecule has 1 saturated heterocycles. The fraction of sp³-hybridized carbons (Fsp3) is 0.346. The highest BCUT2D eigenvalue weighted by molar-refractivity contribution is 5.83. The van der Waals surface area contributed by atoms with E-state index in [4.69, 9.17) is 4.74 Å². The third-order valence-corrected chi connectivity index (χ3v) is 6.34. The number of pyridine rings is 1. The van der Waals surface area contributed by atoms with E-state index < -0.39 is 11.6 Å². The van der Waals surface area contributed by atoms with E-state index in [9.17, 15) is 13.2 Å². The molecule has 2 heterocycles. The van der Waals surface area contributed by atoms with Crippen LogP contribution < -0.4 is 4.74 Å². The molecule has 1 unspecified atom stereocenters. The van der Waals surface area contributed by atoms with Crippen molar-refractivity contribution in [3.8, 4) is 5.75 Å². The molecule has 0 bridgehead atoms. The highest BCUT2D eigenvalue weighted by Gasteiger charge is 2.25. The van der Waals surface area contributed by atoms with Crippen molar-refractivity contribution in [3.63, 3.8) is 0 Å². The molecule has 2 aromatic carbocycles. The molecule has 1 aliphatic heterocycles. The molecule has 4 nitrogen and oxygen atoms in total. The largest absolute Gasteiger partial charge is 0.497 e. The normalized spacial score (nSPS) is 17.0. The van der Waals surface area contributed by atoms with Crippen molar-refractivity contribution < 1.29 is 17.9 Å². The van der Waals surface area contributed by atoms with Crippen molar-refractivity contribution in [1.82, 2.24) is 14.8 Å². The molecule has 1 aliphatic rings. The Morgan fingerprint density at radius 3 is 2.82 bits per heavy atom. The summed E-state index contributed by atoms with van der Waals surface area (Å²) in [5.74, 6) is -0.495. The predicted molar refractivity (Wildman–Crippen MR) is 125 cm³/mol. The first-order chi connectivity index (χ1) is 15.9. The van der Waals surface area contributed by atoms with E-state index in [1.807, 2.05) is 24.3 Å². The number of methoxy groups -OCH3 is 1. The molecule has 7 heteroatoms. The van der Waals surface area contributed by atoms with Gasteiger partial charge in [0.1, 0.15) is 23.2 Å². The minimum absolute atomic E-state index is 0.256. The lowest BCUT2D eigenvalue weighted by Crippen LogP contribution is -2.36. The molecule has 0 aliphatic carbocycles. The number of fused-ring (bicyclic) bond motifs is 1. The van der Waals surface area contributed by atoms with E-state index in [0.717, 1.165) is 49.1 Å². The summed E-state index contributed by atoms with van der Waals surface area (Å²) < 4.78 is 47.0. The Kier molecular flexibility index (Phi) is 7.30. The molecule has 0 N–H and O–H groups in total. The zero-order valence-corrected chi connectivity index (χ0v) is 18.9. The maximum Gasteiger partial charge on any atom is 0.145 e. The lowest BCUT2D eigenvalue weighted by Gasteiger charge is -2.25. The molecule has 4 rings (SSSR count). The van der Waals surface area contributed by atoms with Gasteiger partial charge in [0, 0.05) is 48.7 Å². The third kappa shape index (κ3) is 5.54. The second kappa shape index (κ2) is 10.4. The van der Waals surface area contributed by atoms with E-state index in [1.54, 1.807) is 13.2 Å². The Bertz CT molecular complexity index is 1150. The maximum atomic E-state index is 14.6. The number of likely N-dealkylation sites (N-methyl/N-ethyl adjacent to an activating group) is 1. The lowest BCUT2D eigenvalue weighted by atomic mass is 10.0. The molecule has 0 radical (unpaired) electrons. The fourth-order valence-corrected chi connectivity index (χ4v) is 4.36. The van der Waals surface area contributed by atoms with Gasteiger partial charge in [-0.3, -0.25) is 9.88 Å². The smallest absolute Gasteiger partial charge is 0.145 e. The van der Waals surface area contributed by atoms with Crippen LogP contribution in [0.25, 0.3) is 17.0 Å². The van der Waals surface area contributed by atoms with Crippen LogP contribution in [-0.4, -0.2) is 61.2 Å². The van der Waals surface area contributed by atoms with Gasteiger partial charge in [-0.1, -0.05) is 12.2 Å². The molecular formula is C26H28F3N3O. The van der Waals surface area contributed by atoms with Crippen LogP contribution in [0, 0.1) is 17.5 Å². The van der Waals surface area contributed by atoms with Crippen LogP contribution in [0.3, 0.4) is 0 Å². The van der Waals surface area contributed by atoms with E-state index in [1.165, 1.54) is 12.3 Å². The first kappa shape index (κ1) is 23.3. The van der Waals surface area contributed by atoms with Gasteiger partial charge in [-0.15, -0.1) is 0 Å². The van der Waals surface area contributed by atoms with E-state index in [-0.39, 0.29) is 11.4 Å². The summed E-state index contributed by atoms with van der Waals surface area (Å²) in [6, 6.07) is 9.32. The molecule has 0 spiro atoms. The average molecular weight is 456 g/mol. The number of hydrogen-bond donors (Lipinski definition) is 0. The van der Waals surface area contributed by atoms with Crippen molar-refractivity contribution in [2.75, 3.05) is 40.3 Å². The highest BCUT2D eigenvalue weighted by atomic mass is 19.1. The topological polar surface area (TPSA) is 28.6 Å². The Morgan fingerprint density at radius 2 is 2.00 bits per heavy atom. The van der Waals surface area contributed by atoms with Crippen LogP contribution in [0.4, 0.5) is 13.2 Å². The van der Waals surface area contributed by atoms with Crippen molar-refractivity contribution in [1.29, 1.82) is 0 Å². The van der Waals surface area contributed by atoms with Crippen molar-refractivity contribution >= 4 is 17.0 Å². The average Bonchev–Trinajstić information content (AvgIpc) is 3.29. The summed E-state index contributed by atoms with van der Waals surface area (Å²) in [6.45, 7) is 3.19. The second-order valence-corrected chi connectivity index (χ2v) is 8.47. The Labute approximate surface area is 192 Å². The Hall–Kier alpha value is -2.90. The van der Waals surface area contributed by atoms with Gasteiger partial charge in [0.25, 0.3) is 0 Å². The molecule has 1 atom stereocenters. The van der Waals surface area contributed by atoms with E-state index in [2.05, 4.69) is 21.8 Å². The number of ether oxygens (including phenoxy) is 1. The summed E-state index contributed by atoms with van der Waals surface area (Å²) >= 11 is 0. The molecule has 0 amide bonds. The number of hydrogen-bond acceptors (Lipinski definition) is 4. The number of likely N-dealkylation sites (tertiary alicyclic amines) is 1. The first-order valence-electron chi connectivity index (χ1n) is 11.1. The summed E-state index contributed by atoms with van der Waals surface area (Å²) in [5.41, 5.74) is 1.66. The van der Waals surface area contributed by atoms with E-state index in [0.29, 0.717) is 30.3 Å². The number of halogens is 3. The molecule has 33 heavy (non-hydrogen) atoms. The van der Waals surface area contributed by atoms with Gasteiger partial charge in [-0.2, -0.15) is 0 Å². The number of benzene rings is 2. The summed E-state index contributed by atoms with van der Waals surface area (Å²) in [6.07, 6.45) is 6.36. The minimum Gasteiger partial charge on any atom is -0.497 e. The van der Waals surface area contributed by atoms with E-state index >= 15 is 0 Å². The number of nitrogens with zero attached hydrogens (tertiary/aromatic N) is 3. The maximum absolute atomic E-state index is 14.6. The quantitative estimate of drug-likeness (QED) is 0.482. The number of aromatic nitrogens is 1. The fourth-order valence-electron chi connectivity index (χ4n) is 4.36. The van der Waals surface area contributed by atoms with Gasteiger partial charge in [-0.05, 0) is 56.3 Å². The van der Waals surface area contributed by atoms with Crippen LogP contribution in [-0.2, 0) is 6.42 Å². The van der Waals surface area contributed by atoms with Gasteiger partial charge in [-0.25, -0.2) is 13.2 Å². The van der Waals surface area contributed by atoms with Crippen LogP contribution >= 0.6 is 0 Å². The molecule has 1 aromatic heterocycles. The zero-order valence-electron chi connectivity index (χ0n) is 18.9. The predicted octanol–water partition coefficient (Wildman–Crippen LogP) is 4.92. The Morgan fingerprint density at radius 1 is 1.15 bits per heavy atom. The molecule has 0 saturated carbocycles. The highest BCUT2D eigenvalue weighted by Crippen LogP contribution is 2.25. The summed E-state index contributed by atoms with van der Waals surface area (Å²) in [4.78, 5) is 8.74. The monoisotopic (exact) mass is 455 g/mol. The van der Waals surface area contributed by atoms with Gasteiger partial charge < -0.3 is 9.64 Å². The van der Waals surface area contributed by atoms with Crippen LogP contribution in [0.15, 0.2) is 48.7 Å². The Balaban J connectivity index is 1.34. The van der Waals surface area contributed by atoms with Crippen LogP contribution in [0.2, 0.25) is 0 Å². The van der Waals surface area contributed by atoms with Gasteiger partial charge >= 0.3 is 0 Å². The molecular weight excluding hydrogens is 427 g/mol. The minimum atomic E-state index is -0.448. The molecule has 3 aromatic rings. The van der Waals surface area contributed by atoms with Crippen molar-refractivity contribution in [2.45, 2.75) is 18.9 Å². The number of rotatable bonds is 8. The standard InChI is InChI=1S/C26H28F3N3O/c1-31(12-10-22-23-15-21(33-2)6-8-26(23)30-16-25(22)29)20-9-13-32(17-20)11-3-4-18-14-19(27)5-7-24(18)28/h3-8,14-16,20H,9-13,17H2,1-2H3/b4-3+. The van der Waals surface area contributed by atoms with Crippen LogP contribution in [0.1, 0.15) is 17.5 Å². The second-order valence-electron chi connectivity index (χ2n) is 8.47. The van der Waals surface area contributed by atoms with Gasteiger partial charge in [0.15, 0.2) is 0 Å². The third-order valence-electron chi connectivity index (χ3n) is 6.34. The zero-order chi connectivity index (χ0) is 23.4. The van der Waals surface area contributed by atoms with Gasteiger partial charge in [0.2, 0.25) is 0 Å². The summed E-state index contributed by atoms with van der Waals surface area (Å²) in [5, 5.41) is 0.783. The van der Waals surface area contributed by atoms with Crippen LogP contribution in [0.5, 0.6) is 5.75 Å². The van der Waals surface area contributed by atoms with Crippen molar-refractivity contribution in [3.05, 3.63) is 77.2 Å². The van der Waals surface area contributed by atoms with Gasteiger partial charge in [0.05, 0.1) is 18.8 Å². The summed E-state index contributed by atoms with van der Waals surface area (Å²) in [7, 11) is 3.66. The molecule has 1 fully saturated rings. The first-order valence-corrected chi connectivity index (χ1v) is 11.1. The van der Waals surface area contributed by atoms with Crippen molar-refractivity contribution in [2.24, 2.45) is 0 Å². The SMILES string of the molecule is COc1ccc2ncc(F)c(CCN(C)C3CCN(C/C=C/c4cc(F)ccc4F)C3)c2c1.